The molecule has 222 valence electrons. The Hall–Kier alpha value is -2.08. The third kappa shape index (κ3) is 8.24. The van der Waals surface area contributed by atoms with Gasteiger partial charge in [0, 0.05) is 25.4 Å². The van der Waals surface area contributed by atoms with Crippen LogP contribution in [0.25, 0.3) is 10.2 Å². The van der Waals surface area contributed by atoms with E-state index in [2.05, 4.69) is 46.7 Å². The molecule has 4 N–H and O–H groups in total. The van der Waals surface area contributed by atoms with Crippen molar-refractivity contribution in [2.45, 2.75) is 102 Å². The zero-order chi connectivity index (χ0) is 28.7. The molecule has 2 fully saturated rings. The van der Waals surface area contributed by atoms with Gasteiger partial charge in [-0.2, -0.15) is 0 Å². The average Bonchev–Trinajstić information content (AvgIpc) is 3.37. The number of nitrogens with one attached hydrogen (secondary N) is 4. The third-order valence-electron chi connectivity index (χ3n) is 8.25. The monoisotopic (exact) mass is 591 g/mol. The van der Waals surface area contributed by atoms with Gasteiger partial charge in [-0.25, -0.2) is 18.1 Å². The van der Waals surface area contributed by atoms with E-state index in [1.54, 1.807) is 18.3 Å². The molecule has 4 rings (SSSR count). The van der Waals surface area contributed by atoms with Crippen LogP contribution in [0.2, 0.25) is 0 Å². The molecule has 2 amide bonds. The number of carbonyl (C=O) groups is 2. The number of aromatic nitrogens is 1. The van der Waals surface area contributed by atoms with E-state index in [0.29, 0.717) is 31.8 Å². The highest BCUT2D eigenvalue weighted by Crippen LogP contribution is 2.28. The second-order valence-electron chi connectivity index (χ2n) is 11.5. The van der Waals surface area contributed by atoms with E-state index in [4.69, 9.17) is 4.98 Å². The summed E-state index contributed by atoms with van der Waals surface area (Å²) >= 11 is 1.55. The Kier molecular flexibility index (Phi) is 11.0. The van der Waals surface area contributed by atoms with E-state index in [9.17, 15) is 18.0 Å². The number of fused-ring (bicyclic) bond motifs is 1. The minimum atomic E-state index is -3.49. The molecular formula is C29H45N5O4S2. The van der Waals surface area contributed by atoms with Crippen molar-refractivity contribution >= 4 is 43.4 Å². The number of hydrogen-bond donors (Lipinski definition) is 4. The molecule has 9 nitrogen and oxygen atoms in total. The number of sulfonamides is 1. The first kappa shape index (κ1) is 30.9. The van der Waals surface area contributed by atoms with Gasteiger partial charge in [0.25, 0.3) is 0 Å². The van der Waals surface area contributed by atoms with E-state index in [1.165, 1.54) is 5.56 Å². The van der Waals surface area contributed by atoms with Crippen molar-refractivity contribution < 1.29 is 18.0 Å². The molecule has 1 aromatic carbocycles. The Labute approximate surface area is 242 Å². The molecule has 2 atom stereocenters. The summed E-state index contributed by atoms with van der Waals surface area (Å²) in [5.74, 6) is 0.0962. The van der Waals surface area contributed by atoms with Crippen molar-refractivity contribution in [1.29, 1.82) is 0 Å². The first-order valence-corrected chi connectivity index (χ1v) is 17.2. The fourth-order valence-corrected chi connectivity index (χ4v) is 8.27. The Balaban J connectivity index is 1.50. The van der Waals surface area contributed by atoms with E-state index in [0.717, 1.165) is 47.3 Å². The summed E-state index contributed by atoms with van der Waals surface area (Å²) in [7, 11) is -3.49. The molecular weight excluding hydrogens is 546 g/mol. The Morgan fingerprint density at radius 3 is 2.48 bits per heavy atom. The van der Waals surface area contributed by atoms with Crippen LogP contribution in [0, 0.1) is 5.92 Å². The molecule has 2 aliphatic rings. The molecule has 0 spiro atoms. The SMILES string of the molecule is CCC(=O)NC(Cc1nc2ccc(C(C)C)cc2s1)C(=O)NC(CNS(=O)(=O)C1CCNCC1)C1CCCCC1. The van der Waals surface area contributed by atoms with Gasteiger partial charge < -0.3 is 16.0 Å². The standard InChI is InChI=1S/C29H45N5O4S2/c1-4-27(35)32-24(17-28-33-23-11-10-21(19(2)3)16-26(23)39-28)29(36)34-25(20-8-6-5-7-9-20)18-31-40(37,38)22-12-14-30-15-13-22/h10-11,16,19-20,22,24-25,30-31H,4-9,12-15,17-18H2,1-3H3,(H,32,35)(H,34,36). The average molecular weight is 592 g/mol. The molecule has 2 unspecified atom stereocenters. The first-order valence-electron chi connectivity index (χ1n) is 14.8. The molecule has 0 bridgehead atoms. The van der Waals surface area contributed by atoms with E-state index < -0.39 is 21.3 Å². The van der Waals surface area contributed by atoms with Crippen LogP contribution in [0.15, 0.2) is 18.2 Å². The highest BCUT2D eigenvalue weighted by molar-refractivity contribution is 7.90. The number of hydrogen-bond acceptors (Lipinski definition) is 7. The van der Waals surface area contributed by atoms with Crippen molar-refractivity contribution in [2.75, 3.05) is 19.6 Å². The van der Waals surface area contributed by atoms with Crippen LogP contribution in [0.1, 0.15) is 88.6 Å². The number of benzene rings is 1. The highest BCUT2D eigenvalue weighted by Gasteiger charge is 2.32. The van der Waals surface area contributed by atoms with E-state index in [-0.39, 0.29) is 43.2 Å². The largest absolute Gasteiger partial charge is 0.350 e. The van der Waals surface area contributed by atoms with Gasteiger partial charge in [0.15, 0.2) is 0 Å². The molecule has 11 heteroatoms. The van der Waals surface area contributed by atoms with Crippen molar-refractivity contribution in [1.82, 2.24) is 25.7 Å². The summed E-state index contributed by atoms with van der Waals surface area (Å²) in [6.07, 6.45) is 6.91. The van der Waals surface area contributed by atoms with Gasteiger partial charge in [-0.05, 0) is 68.3 Å². The van der Waals surface area contributed by atoms with Crippen LogP contribution in [-0.4, -0.2) is 62.2 Å². The fourth-order valence-electron chi connectivity index (χ4n) is 5.70. The Morgan fingerprint density at radius 2 is 1.80 bits per heavy atom. The molecule has 40 heavy (non-hydrogen) atoms. The van der Waals surface area contributed by atoms with Crippen LogP contribution in [0.5, 0.6) is 0 Å². The van der Waals surface area contributed by atoms with Crippen molar-refractivity contribution in [2.24, 2.45) is 5.92 Å². The summed E-state index contributed by atoms with van der Waals surface area (Å²) in [4.78, 5) is 30.9. The zero-order valence-corrected chi connectivity index (χ0v) is 25.6. The van der Waals surface area contributed by atoms with Crippen LogP contribution in [0.3, 0.4) is 0 Å². The minimum Gasteiger partial charge on any atom is -0.350 e. The topological polar surface area (TPSA) is 129 Å². The summed E-state index contributed by atoms with van der Waals surface area (Å²) in [6.45, 7) is 7.61. The Bertz CT molecular complexity index is 1250. The quantitative estimate of drug-likeness (QED) is 0.299. The number of thiazole rings is 1. The Morgan fingerprint density at radius 1 is 1.07 bits per heavy atom. The zero-order valence-electron chi connectivity index (χ0n) is 24.0. The smallest absolute Gasteiger partial charge is 0.243 e. The summed E-state index contributed by atoms with van der Waals surface area (Å²) in [5, 5.41) is 9.63. The summed E-state index contributed by atoms with van der Waals surface area (Å²) in [5.41, 5.74) is 2.12. The summed E-state index contributed by atoms with van der Waals surface area (Å²) in [6, 6.07) is 5.12. The predicted octanol–water partition coefficient (Wildman–Crippen LogP) is 3.59. The molecule has 1 aliphatic heterocycles. The minimum absolute atomic E-state index is 0.163. The maximum Gasteiger partial charge on any atom is 0.243 e. The summed E-state index contributed by atoms with van der Waals surface area (Å²) < 4.78 is 30.0. The van der Waals surface area contributed by atoms with Gasteiger partial charge >= 0.3 is 0 Å². The highest BCUT2D eigenvalue weighted by atomic mass is 32.2. The van der Waals surface area contributed by atoms with E-state index >= 15 is 0 Å². The first-order chi connectivity index (χ1) is 19.2. The van der Waals surface area contributed by atoms with Gasteiger partial charge in [-0.15, -0.1) is 11.3 Å². The maximum absolute atomic E-state index is 13.7. The molecule has 0 radical (unpaired) electrons. The molecule has 2 aromatic rings. The number of rotatable bonds is 12. The number of nitrogens with zero attached hydrogens (tertiary/aromatic N) is 1. The lowest BCUT2D eigenvalue weighted by molar-refractivity contribution is -0.129. The number of piperidine rings is 1. The lowest BCUT2D eigenvalue weighted by atomic mass is 9.83. The van der Waals surface area contributed by atoms with Gasteiger partial charge in [-0.1, -0.05) is 46.1 Å². The normalized spacial score (nSPS) is 19.0. The lowest BCUT2D eigenvalue weighted by Crippen LogP contribution is -2.55. The molecule has 2 heterocycles. The third-order valence-corrected chi connectivity index (χ3v) is 11.2. The molecule has 1 aliphatic carbocycles. The van der Waals surface area contributed by atoms with Crippen LogP contribution in [0.4, 0.5) is 0 Å². The van der Waals surface area contributed by atoms with Crippen molar-refractivity contribution in [3.8, 4) is 0 Å². The molecule has 1 aromatic heterocycles. The van der Waals surface area contributed by atoms with Gasteiger partial charge in [0.1, 0.15) is 6.04 Å². The maximum atomic E-state index is 13.7. The van der Waals surface area contributed by atoms with Crippen molar-refractivity contribution in [3.05, 3.63) is 28.8 Å². The van der Waals surface area contributed by atoms with Crippen LogP contribution < -0.4 is 20.7 Å². The van der Waals surface area contributed by atoms with Gasteiger partial charge in [0.2, 0.25) is 21.8 Å². The van der Waals surface area contributed by atoms with Crippen LogP contribution >= 0.6 is 11.3 Å². The second-order valence-corrected chi connectivity index (χ2v) is 14.7. The number of carbonyl (C=O) groups excluding carboxylic acids is 2. The molecule has 1 saturated carbocycles. The molecule has 1 saturated heterocycles. The predicted molar refractivity (Wildman–Crippen MR) is 161 cm³/mol. The van der Waals surface area contributed by atoms with Crippen molar-refractivity contribution in [3.63, 3.8) is 0 Å². The van der Waals surface area contributed by atoms with Gasteiger partial charge in [-0.3, -0.25) is 9.59 Å². The van der Waals surface area contributed by atoms with E-state index in [1.807, 2.05) is 6.07 Å². The van der Waals surface area contributed by atoms with Gasteiger partial charge in [0.05, 0.1) is 20.5 Å². The lowest BCUT2D eigenvalue weighted by Gasteiger charge is -2.33. The number of amides is 2. The fraction of sp³-hybridized carbons (Fsp3) is 0.690. The van der Waals surface area contributed by atoms with Crippen LogP contribution in [-0.2, 0) is 26.0 Å². The second kappa shape index (κ2) is 14.2.